The Morgan fingerprint density at radius 2 is 1.81 bits per heavy atom. The lowest BCUT2D eigenvalue weighted by atomic mass is 10.2. The lowest BCUT2D eigenvalue weighted by Gasteiger charge is -2.07. The fourth-order valence-electron chi connectivity index (χ4n) is 1.74. The van der Waals surface area contributed by atoms with Gasteiger partial charge in [0.2, 0.25) is 0 Å². The molecule has 1 unspecified atom stereocenters. The molecule has 0 spiro atoms. The molecule has 2 rings (SSSR count). The number of hydrogen-bond acceptors (Lipinski definition) is 3. The molecule has 5 heteroatoms. The number of nitrogens with one attached hydrogen (secondary N) is 1. The van der Waals surface area contributed by atoms with Crippen molar-refractivity contribution in [2.24, 2.45) is 0 Å². The summed E-state index contributed by atoms with van der Waals surface area (Å²) < 4.78 is 11.9. The average molecular weight is 302 g/mol. The molecule has 0 aliphatic carbocycles. The van der Waals surface area contributed by atoms with E-state index in [0.29, 0.717) is 11.4 Å². The number of rotatable bonds is 4. The number of benzene rings is 1. The molecule has 21 heavy (non-hydrogen) atoms. The maximum Gasteiger partial charge on any atom is 0.256 e. The number of carbonyl (C=O) groups excluding carboxylic acids is 1. The Labute approximate surface area is 127 Å². The van der Waals surface area contributed by atoms with E-state index in [9.17, 15) is 9.00 Å². The quantitative estimate of drug-likeness (QED) is 0.943. The predicted octanol–water partition coefficient (Wildman–Crippen LogP) is 3.16. The number of aryl methyl sites for hydroxylation is 1. The normalized spacial score (nSPS) is 12.2. The van der Waals surface area contributed by atoms with E-state index in [1.165, 1.54) is 0 Å². The summed E-state index contributed by atoms with van der Waals surface area (Å²) in [6, 6.07) is 10.5. The van der Waals surface area contributed by atoms with E-state index in [1.54, 1.807) is 36.5 Å². The minimum Gasteiger partial charge on any atom is -0.307 e. The first-order valence-electron chi connectivity index (χ1n) is 6.72. The third-order valence-corrected chi connectivity index (χ3v) is 4.52. The zero-order valence-corrected chi connectivity index (χ0v) is 13.1. The van der Waals surface area contributed by atoms with Crippen molar-refractivity contribution in [3.8, 4) is 0 Å². The van der Waals surface area contributed by atoms with Crippen LogP contribution in [0.4, 0.5) is 5.82 Å². The summed E-state index contributed by atoms with van der Waals surface area (Å²) in [7, 11) is -1.04. The van der Waals surface area contributed by atoms with Gasteiger partial charge in [0.15, 0.2) is 0 Å². The molecular formula is C16H18N2O2S. The molecule has 0 saturated carbocycles. The Bertz CT molecular complexity index is 649. The van der Waals surface area contributed by atoms with Gasteiger partial charge in [-0.25, -0.2) is 4.98 Å². The van der Waals surface area contributed by atoms with Crippen molar-refractivity contribution in [2.45, 2.75) is 30.9 Å². The smallest absolute Gasteiger partial charge is 0.256 e. The zero-order chi connectivity index (χ0) is 15.4. The standard InChI is InChI=1S/C16H18N2O2S/c1-11(2)21(20)14-7-5-13(6-8-14)16(19)18-15-9-4-12(3)10-17-15/h4-11H,1-3H3,(H,17,18,19). The van der Waals surface area contributed by atoms with Gasteiger partial charge < -0.3 is 5.32 Å². The summed E-state index contributed by atoms with van der Waals surface area (Å²) in [4.78, 5) is 17.0. The van der Waals surface area contributed by atoms with Crippen molar-refractivity contribution in [1.82, 2.24) is 4.98 Å². The van der Waals surface area contributed by atoms with E-state index >= 15 is 0 Å². The highest BCUT2D eigenvalue weighted by Gasteiger charge is 2.11. The molecule has 1 amide bonds. The second-order valence-corrected chi connectivity index (χ2v) is 7.05. The number of nitrogens with zero attached hydrogens (tertiary/aromatic N) is 1. The van der Waals surface area contributed by atoms with Gasteiger partial charge in [0, 0.05) is 21.9 Å². The Balaban J connectivity index is 2.09. The summed E-state index contributed by atoms with van der Waals surface area (Å²) in [6.07, 6.45) is 1.70. The summed E-state index contributed by atoms with van der Waals surface area (Å²) in [5.74, 6) is 0.286. The Morgan fingerprint density at radius 1 is 1.14 bits per heavy atom. The van der Waals surface area contributed by atoms with Gasteiger partial charge in [0.25, 0.3) is 5.91 Å². The fourth-order valence-corrected chi connectivity index (χ4v) is 2.69. The fraction of sp³-hybridized carbons (Fsp3) is 0.250. The number of amides is 1. The van der Waals surface area contributed by atoms with Crippen molar-refractivity contribution < 1.29 is 9.00 Å². The third kappa shape index (κ3) is 3.98. The van der Waals surface area contributed by atoms with E-state index in [0.717, 1.165) is 10.5 Å². The monoisotopic (exact) mass is 302 g/mol. The molecule has 0 aliphatic rings. The summed E-state index contributed by atoms with van der Waals surface area (Å²) in [5.41, 5.74) is 1.55. The molecule has 110 valence electrons. The highest BCUT2D eigenvalue weighted by atomic mass is 32.2. The molecule has 1 heterocycles. The van der Waals surface area contributed by atoms with E-state index in [-0.39, 0.29) is 11.2 Å². The van der Waals surface area contributed by atoms with Crippen LogP contribution in [-0.2, 0) is 10.8 Å². The molecule has 0 bridgehead atoms. The van der Waals surface area contributed by atoms with Gasteiger partial charge in [-0.2, -0.15) is 0 Å². The van der Waals surface area contributed by atoms with Gasteiger partial charge >= 0.3 is 0 Å². The molecule has 2 aromatic rings. The Kier molecular flexibility index (Phi) is 4.85. The van der Waals surface area contributed by atoms with Gasteiger partial charge in [-0.15, -0.1) is 0 Å². The van der Waals surface area contributed by atoms with Crippen molar-refractivity contribution in [2.75, 3.05) is 5.32 Å². The van der Waals surface area contributed by atoms with Gasteiger partial charge in [0.05, 0.1) is 10.8 Å². The van der Waals surface area contributed by atoms with Crippen molar-refractivity contribution in [3.05, 3.63) is 53.7 Å². The predicted molar refractivity (Wildman–Crippen MR) is 84.9 cm³/mol. The van der Waals surface area contributed by atoms with E-state index in [2.05, 4.69) is 10.3 Å². The van der Waals surface area contributed by atoms with Crippen LogP contribution in [0.15, 0.2) is 47.5 Å². The first-order chi connectivity index (χ1) is 9.97. The molecule has 0 radical (unpaired) electrons. The number of aromatic nitrogens is 1. The summed E-state index contributed by atoms with van der Waals surface area (Å²) in [5, 5.41) is 2.79. The first kappa shape index (κ1) is 15.4. The van der Waals surface area contributed by atoms with Gasteiger partial charge in [-0.3, -0.25) is 9.00 Å². The number of pyridine rings is 1. The minimum absolute atomic E-state index is 0.0569. The van der Waals surface area contributed by atoms with E-state index in [4.69, 9.17) is 0 Å². The largest absolute Gasteiger partial charge is 0.307 e. The molecule has 1 aromatic carbocycles. The van der Waals surface area contributed by atoms with Crippen LogP contribution >= 0.6 is 0 Å². The average Bonchev–Trinajstić information content (AvgIpc) is 2.49. The second-order valence-electron chi connectivity index (χ2n) is 5.05. The molecule has 1 aromatic heterocycles. The number of anilines is 1. The Hall–Kier alpha value is -2.01. The molecule has 4 nitrogen and oxygen atoms in total. The highest BCUT2D eigenvalue weighted by molar-refractivity contribution is 7.85. The van der Waals surface area contributed by atoms with Crippen molar-refractivity contribution >= 4 is 22.5 Å². The maximum absolute atomic E-state index is 12.1. The minimum atomic E-state index is -1.04. The van der Waals surface area contributed by atoms with Crippen LogP contribution in [0, 0.1) is 6.92 Å². The number of hydrogen-bond donors (Lipinski definition) is 1. The Morgan fingerprint density at radius 3 is 2.33 bits per heavy atom. The molecule has 1 atom stereocenters. The molecule has 0 saturated heterocycles. The van der Waals surface area contributed by atoms with Gasteiger partial charge in [0.1, 0.15) is 5.82 Å². The van der Waals surface area contributed by atoms with Gasteiger partial charge in [-0.1, -0.05) is 19.9 Å². The molecule has 1 N–H and O–H groups in total. The van der Waals surface area contributed by atoms with Crippen LogP contribution in [0.25, 0.3) is 0 Å². The van der Waals surface area contributed by atoms with Crippen molar-refractivity contribution in [1.29, 1.82) is 0 Å². The topological polar surface area (TPSA) is 59.1 Å². The van der Waals surface area contributed by atoms with Crippen LogP contribution in [0.3, 0.4) is 0 Å². The third-order valence-electron chi connectivity index (χ3n) is 2.93. The number of carbonyl (C=O) groups is 1. The summed E-state index contributed by atoms with van der Waals surface area (Å²) in [6.45, 7) is 5.74. The highest BCUT2D eigenvalue weighted by Crippen LogP contribution is 2.13. The lowest BCUT2D eigenvalue weighted by molar-refractivity contribution is 0.102. The van der Waals surface area contributed by atoms with Crippen LogP contribution in [0.1, 0.15) is 29.8 Å². The van der Waals surface area contributed by atoms with Crippen LogP contribution < -0.4 is 5.32 Å². The zero-order valence-electron chi connectivity index (χ0n) is 12.3. The maximum atomic E-state index is 12.1. The van der Waals surface area contributed by atoms with Gasteiger partial charge in [-0.05, 0) is 42.8 Å². The molecule has 0 fully saturated rings. The molecule has 0 aliphatic heterocycles. The second kappa shape index (κ2) is 6.63. The lowest BCUT2D eigenvalue weighted by Crippen LogP contribution is -2.13. The van der Waals surface area contributed by atoms with Crippen LogP contribution in [0.2, 0.25) is 0 Å². The first-order valence-corrected chi connectivity index (χ1v) is 7.93. The van der Waals surface area contributed by atoms with Crippen LogP contribution in [0.5, 0.6) is 0 Å². The van der Waals surface area contributed by atoms with E-state index < -0.39 is 10.8 Å². The molecular weight excluding hydrogens is 284 g/mol. The summed E-state index contributed by atoms with van der Waals surface area (Å²) >= 11 is 0. The van der Waals surface area contributed by atoms with Crippen molar-refractivity contribution in [3.63, 3.8) is 0 Å². The van der Waals surface area contributed by atoms with Crippen LogP contribution in [-0.4, -0.2) is 20.3 Å². The SMILES string of the molecule is Cc1ccc(NC(=O)c2ccc(S(=O)C(C)C)cc2)nc1. The van der Waals surface area contributed by atoms with E-state index in [1.807, 2.05) is 26.8 Å².